The van der Waals surface area contributed by atoms with E-state index in [0.717, 1.165) is 17.5 Å². The summed E-state index contributed by atoms with van der Waals surface area (Å²) >= 11 is 0. The number of hydrogen-bond acceptors (Lipinski definition) is 3. The summed E-state index contributed by atoms with van der Waals surface area (Å²) in [5.41, 5.74) is 4.80. The second-order valence-corrected chi connectivity index (χ2v) is 6.58. The SMILES string of the molecule is Cc1ccc(C)c(C(=O)OCC(=O)N2CC=C(c3ccccc3)CC2)c1. The van der Waals surface area contributed by atoms with Gasteiger partial charge >= 0.3 is 5.97 Å². The van der Waals surface area contributed by atoms with Crippen LogP contribution in [0.15, 0.2) is 54.6 Å². The molecule has 1 aliphatic rings. The Morgan fingerprint density at radius 2 is 1.85 bits per heavy atom. The average molecular weight is 349 g/mol. The van der Waals surface area contributed by atoms with E-state index in [4.69, 9.17) is 4.74 Å². The highest BCUT2D eigenvalue weighted by atomic mass is 16.5. The van der Waals surface area contributed by atoms with E-state index in [-0.39, 0.29) is 12.5 Å². The molecule has 1 heterocycles. The molecule has 26 heavy (non-hydrogen) atoms. The van der Waals surface area contributed by atoms with Crippen LogP contribution in [0.25, 0.3) is 5.57 Å². The molecule has 2 aromatic carbocycles. The summed E-state index contributed by atoms with van der Waals surface area (Å²) in [4.78, 5) is 26.3. The maximum atomic E-state index is 12.3. The van der Waals surface area contributed by atoms with Crippen LogP contribution in [0.1, 0.15) is 33.5 Å². The van der Waals surface area contributed by atoms with E-state index in [9.17, 15) is 9.59 Å². The van der Waals surface area contributed by atoms with Gasteiger partial charge in [0.05, 0.1) is 5.56 Å². The topological polar surface area (TPSA) is 46.6 Å². The Hall–Kier alpha value is -2.88. The van der Waals surface area contributed by atoms with E-state index in [0.29, 0.717) is 18.7 Å². The molecular weight excluding hydrogens is 326 g/mol. The van der Waals surface area contributed by atoms with Crippen LogP contribution in [0.4, 0.5) is 0 Å². The molecule has 1 aliphatic heterocycles. The number of carbonyl (C=O) groups excluding carboxylic acids is 2. The minimum absolute atomic E-state index is 0.160. The molecule has 0 aromatic heterocycles. The van der Waals surface area contributed by atoms with Crippen molar-refractivity contribution in [3.05, 3.63) is 76.9 Å². The van der Waals surface area contributed by atoms with E-state index in [1.54, 1.807) is 11.0 Å². The lowest BCUT2D eigenvalue weighted by atomic mass is 10.00. The molecular formula is C22H23NO3. The molecule has 0 radical (unpaired) electrons. The molecule has 2 aromatic rings. The van der Waals surface area contributed by atoms with Crippen molar-refractivity contribution in [3.63, 3.8) is 0 Å². The number of esters is 1. The molecule has 0 N–H and O–H groups in total. The molecule has 0 atom stereocenters. The highest BCUT2D eigenvalue weighted by molar-refractivity contribution is 5.93. The number of benzene rings is 2. The molecule has 0 spiro atoms. The zero-order valence-corrected chi connectivity index (χ0v) is 15.2. The van der Waals surface area contributed by atoms with Crippen LogP contribution in [0.3, 0.4) is 0 Å². The average Bonchev–Trinajstić information content (AvgIpc) is 2.68. The Bertz CT molecular complexity index is 840. The van der Waals surface area contributed by atoms with Crippen LogP contribution in [-0.2, 0) is 9.53 Å². The Labute approximate surface area is 154 Å². The first-order valence-corrected chi connectivity index (χ1v) is 8.81. The monoisotopic (exact) mass is 349 g/mol. The van der Waals surface area contributed by atoms with E-state index in [1.807, 2.05) is 44.2 Å². The molecule has 4 heteroatoms. The number of hydrogen-bond donors (Lipinski definition) is 0. The number of carbonyl (C=O) groups is 2. The summed E-state index contributed by atoms with van der Waals surface area (Å²) in [6.07, 6.45) is 2.88. The molecule has 4 nitrogen and oxygen atoms in total. The third-order valence-electron chi connectivity index (χ3n) is 4.65. The quantitative estimate of drug-likeness (QED) is 0.789. The third-order valence-corrected chi connectivity index (χ3v) is 4.65. The van der Waals surface area contributed by atoms with E-state index in [1.165, 1.54) is 11.1 Å². The fourth-order valence-electron chi connectivity index (χ4n) is 3.06. The zero-order valence-electron chi connectivity index (χ0n) is 15.2. The van der Waals surface area contributed by atoms with E-state index < -0.39 is 5.97 Å². The molecule has 0 saturated carbocycles. The molecule has 0 bridgehead atoms. The first-order valence-electron chi connectivity index (χ1n) is 8.81. The number of aryl methyl sites for hydroxylation is 2. The van der Waals surface area contributed by atoms with Crippen LogP contribution < -0.4 is 0 Å². The Morgan fingerprint density at radius 3 is 2.54 bits per heavy atom. The Kier molecular flexibility index (Phi) is 5.52. The number of nitrogens with zero attached hydrogens (tertiary/aromatic N) is 1. The zero-order chi connectivity index (χ0) is 18.5. The maximum Gasteiger partial charge on any atom is 0.338 e. The highest BCUT2D eigenvalue weighted by Crippen LogP contribution is 2.22. The summed E-state index contributed by atoms with van der Waals surface area (Å²) in [5.74, 6) is -0.607. The predicted octanol–water partition coefficient (Wildman–Crippen LogP) is 3.78. The molecule has 0 aliphatic carbocycles. The third kappa shape index (κ3) is 4.20. The van der Waals surface area contributed by atoms with Gasteiger partial charge in [-0.05, 0) is 43.0 Å². The van der Waals surface area contributed by atoms with Crippen molar-refractivity contribution < 1.29 is 14.3 Å². The van der Waals surface area contributed by atoms with Gasteiger partial charge in [0.15, 0.2) is 6.61 Å². The van der Waals surface area contributed by atoms with Crippen LogP contribution in [-0.4, -0.2) is 36.5 Å². The standard InChI is InChI=1S/C22H23NO3/c1-16-8-9-17(2)20(14-16)22(25)26-15-21(24)23-12-10-19(11-13-23)18-6-4-3-5-7-18/h3-10,14H,11-13,15H2,1-2H3. The lowest BCUT2D eigenvalue weighted by Gasteiger charge is -2.26. The number of ether oxygens (including phenoxy) is 1. The van der Waals surface area contributed by atoms with Crippen molar-refractivity contribution >= 4 is 17.4 Å². The van der Waals surface area contributed by atoms with Crippen molar-refractivity contribution in [2.24, 2.45) is 0 Å². The second-order valence-electron chi connectivity index (χ2n) is 6.58. The van der Waals surface area contributed by atoms with Gasteiger partial charge in [0, 0.05) is 13.1 Å². The van der Waals surface area contributed by atoms with Gasteiger partial charge in [-0.3, -0.25) is 4.79 Å². The van der Waals surface area contributed by atoms with Gasteiger partial charge in [0.1, 0.15) is 0 Å². The summed E-state index contributed by atoms with van der Waals surface area (Å²) in [5, 5.41) is 0. The summed E-state index contributed by atoms with van der Waals surface area (Å²) in [6.45, 7) is 4.75. The largest absolute Gasteiger partial charge is 0.452 e. The second kappa shape index (κ2) is 8.00. The minimum atomic E-state index is -0.447. The van der Waals surface area contributed by atoms with Crippen molar-refractivity contribution in [1.82, 2.24) is 4.90 Å². The molecule has 3 rings (SSSR count). The van der Waals surface area contributed by atoms with Crippen LogP contribution in [0, 0.1) is 13.8 Å². The van der Waals surface area contributed by atoms with Gasteiger partial charge in [-0.25, -0.2) is 4.79 Å². The lowest BCUT2D eigenvalue weighted by Crippen LogP contribution is -2.37. The molecule has 0 unspecified atom stereocenters. The summed E-state index contributed by atoms with van der Waals surface area (Å²) in [6, 6.07) is 15.8. The van der Waals surface area contributed by atoms with Gasteiger partial charge < -0.3 is 9.64 Å². The molecule has 0 fully saturated rings. The van der Waals surface area contributed by atoms with Crippen molar-refractivity contribution in [2.75, 3.05) is 19.7 Å². The Balaban J connectivity index is 1.55. The summed E-state index contributed by atoms with van der Waals surface area (Å²) < 4.78 is 5.24. The van der Waals surface area contributed by atoms with Gasteiger partial charge in [0.25, 0.3) is 5.91 Å². The van der Waals surface area contributed by atoms with Crippen molar-refractivity contribution in [1.29, 1.82) is 0 Å². The normalized spacial score (nSPS) is 13.9. The molecule has 1 amide bonds. The first-order chi connectivity index (χ1) is 12.5. The van der Waals surface area contributed by atoms with Gasteiger partial charge in [0.2, 0.25) is 0 Å². The molecule has 134 valence electrons. The first kappa shape index (κ1) is 17.9. The van der Waals surface area contributed by atoms with Crippen molar-refractivity contribution in [2.45, 2.75) is 20.3 Å². The minimum Gasteiger partial charge on any atom is -0.452 e. The summed E-state index contributed by atoms with van der Waals surface area (Å²) in [7, 11) is 0. The maximum absolute atomic E-state index is 12.3. The van der Waals surface area contributed by atoms with Gasteiger partial charge in [-0.1, -0.05) is 54.1 Å². The fraction of sp³-hybridized carbons (Fsp3) is 0.273. The van der Waals surface area contributed by atoms with E-state index in [2.05, 4.69) is 18.2 Å². The number of amides is 1. The van der Waals surface area contributed by atoms with Crippen molar-refractivity contribution in [3.8, 4) is 0 Å². The van der Waals surface area contributed by atoms with Crippen LogP contribution >= 0.6 is 0 Å². The molecule has 0 saturated heterocycles. The smallest absolute Gasteiger partial charge is 0.338 e. The van der Waals surface area contributed by atoms with Gasteiger partial charge in [-0.15, -0.1) is 0 Å². The van der Waals surface area contributed by atoms with Crippen LogP contribution in [0.2, 0.25) is 0 Å². The Morgan fingerprint density at radius 1 is 1.08 bits per heavy atom. The lowest BCUT2D eigenvalue weighted by molar-refractivity contribution is -0.134. The number of rotatable bonds is 4. The predicted molar refractivity (Wildman–Crippen MR) is 102 cm³/mol. The van der Waals surface area contributed by atoms with E-state index >= 15 is 0 Å². The highest BCUT2D eigenvalue weighted by Gasteiger charge is 2.20. The van der Waals surface area contributed by atoms with Crippen LogP contribution in [0.5, 0.6) is 0 Å². The van der Waals surface area contributed by atoms with Gasteiger partial charge in [-0.2, -0.15) is 0 Å². The fourth-order valence-corrected chi connectivity index (χ4v) is 3.06.